The van der Waals surface area contributed by atoms with Crippen molar-refractivity contribution in [3.05, 3.63) is 29.8 Å². The van der Waals surface area contributed by atoms with Crippen molar-refractivity contribution in [1.29, 1.82) is 0 Å². The summed E-state index contributed by atoms with van der Waals surface area (Å²) < 4.78 is 5.70. The summed E-state index contributed by atoms with van der Waals surface area (Å²) in [5.41, 5.74) is 1.28. The van der Waals surface area contributed by atoms with E-state index in [1.54, 1.807) is 0 Å². The van der Waals surface area contributed by atoms with Gasteiger partial charge in [-0.2, -0.15) is 0 Å². The minimum atomic E-state index is 0. The lowest BCUT2D eigenvalue weighted by molar-refractivity contribution is 0.283. The molecule has 0 radical (unpaired) electrons. The molecule has 2 nitrogen and oxygen atoms in total. The summed E-state index contributed by atoms with van der Waals surface area (Å²) in [5, 5.41) is 3.37. The molecule has 0 aliphatic carbocycles. The van der Waals surface area contributed by atoms with Crippen LogP contribution in [0.5, 0.6) is 5.75 Å². The Bertz CT molecular complexity index is 293. The van der Waals surface area contributed by atoms with Gasteiger partial charge in [0, 0.05) is 0 Å². The molecular weight excluding hydrogens is 222 g/mol. The van der Waals surface area contributed by atoms with Gasteiger partial charge in [0.25, 0.3) is 0 Å². The minimum Gasteiger partial charge on any atom is -0.494 e. The molecule has 1 aliphatic heterocycles. The molecule has 1 aliphatic rings. The molecule has 1 N–H and O–H groups in total. The van der Waals surface area contributed by atoms with Gasteiger partial charge in [0.1, 0.15) is 5.75 Å². The minimum absolute atomic E-state index is 0. The Kier molecular flexibility index (Phi) is 5.64. The lowest BCUT2D eigenvalue weighted by Gasteiger charge is -2.09. The molecule has 3 heteroatoms. The first-order valence-electron chi connectivity index (χ1n) is 5.75. The second-order valence-electron chi connectivity index (χ2n) is 4.31. The van der Waals surface area contributed by atoms with E-state index in [-0.39, 0.29) is 12.4 Å². The maximum Gasteiger partial charge on any atom is 0.119 e. The highest BCUT2D eigenvalue weighted by atomic mass is 35.5. The number of ether oxygens (including phenoxy) is 1. The molecule has 16 heavy (non-hydrogen) atoms. The first kappa shape index (κ1) is 13.3. The molecule has 0 saturated carbocycles. The average molecular weight is 242 g/mol. The van der Waals surface area contributed by atoms with E-state index in [2.05, 4.69) is 24.4 Å². The van der Waals surface area contributed by atoms with E-state index in [9.17, 15) is 0 Å². The van der Waals surface area contributed by atoms with Crippen LogP contribution in [0.4, 0.5) is 0 Å². The van der Waals surface area contributed by atoms with Crippen LogP contribution < -0.4 is 10.1 Å². The van der Waals surface area contributed by atoms with Gasteiger partial charge in [-0.05, 0) is 50.9 Å². The van der Waals surface area contributed by atoms with Crippen LogP contribution in [-0.2, 0) is 0 Å². The summed E-state index contributed by atoms with van der Waals surface area (Å²) in [6.07, 6.45) is 2.47. The van der Waals surface area contributed by atoms with Gasteiger partial charge < -0.3 is 10.1 Å². The highest BCUT2D eigenvalue weighted by molar-refractivity contribution is 5.85. The maximum absolute atomic E-state index is 5.70. The Morgan fingerprint density at radius 2 is 2.06 bits per heavy atom. The third-order valence-corrected chi connectivity index (χ3v) is 2.98. The highest BCUT2D eigenvalue weighted by Crippen LogP contribution is 2.15. The van der Waals surface area contributed by atoms with Crippen LogP contribution in [0.2, 0.25) is 0 Å². The maximum atomic E-state index is 5.70. The van der Waals surface area contributed by atoms with Gasteiger partial charge in [-0.3, -0.25) is 0 Å². The second kappa shape index (κ2) is 6.77. The fraction of sp³-hybridized carbons (Fsp3) is 0.538. The SMILES string of the molecule is Cc1ccc(OCCC2CCNC2)cc1.Cl. The quantitative estimate of drug-likeness (QED) is 0.876. The summed E-state index contributed by atoms with van der Waals surface area (Å²) in [5.74, 6) is 1.81. The first-order chi connectivity index (χ1) is 7.34. The zero-order valence-corrected chi connectivity index (χ0v) is 10.6. The average Bonchev–Trinajstić information content (AvgIpc) is 2.74. The molecule has 1 heterocycles. The molecule has 1 aromatic carbocycles. The van der Waals surface area contributed by atoms with Crippen molar-refractivity contribution in [1.82, 2.24) is 5.32 Å². The predicted octanol–water partition coefficient (Wildman–Crippen LogP) is 2.80. The third-order valence-electron chi connectivity index (χ3n) is 2.98. The number of halogens is 1. The number of aryl methyl sites for hydroxylation is 1. The Hall–Kier alpha value is -0.730. The standard InChI is InChI=1S/C13H19NO.ClH/c1-11-2-4-13(5-3-11)15-9-7-12-6-8-14-10-12;/h2-5,12,14H,6-10H2,1H3;1H. The fourth-order valence-electron chi connectivity index (χ4n) is 1.94. The second-order valence-corrected chi connectivity index (χ2v) is 4.31. The first-order valence-corrected chi connectivity index (χ1v) is 5.75. The van der Waals surface area contributed by atoms with E-state index in [1.807, 2.05) is 12.1 Å². The lowest BCUT2D eigenvalue weighted by Crippen LogP contribution is -2.11. The zero-order valence-electron chi connectivity index (χ0n) is 9.74. The molecular formula is C13H20ClNO. The van der Waals surface area contributed by atoms with Gasteiger partial charge in [-0.1, -0.05) is 17.7 Å². The molecule has 0 amide bonds. The number of benzene rings is 1. The molecule has 90 valence electrons. The zero-order chi connectivity index (χ0) is 10.5. The van der Waals surface area contributed by atoms with Crippen molar-refractivity contribution in [2.75, 3.05) is 19.7 Å². The van der Waals surface area contributed by atoms with Gasteiger partial charge >= 0.3 is 0 Å². The van der Waals surface area contributed by atoms with Crippen LogP contribution in [0.1, 0.15) is 18.4 Å². The summed E-state index contributed by atoms with van der Waals surface area (Å²) in [6.45, 7) is 5.27. The van der Waals surface area contributed by atoms with E-state index < -0.39 is 0 Å². The summed E-state index contributed by atoms with van der Waals surface area (Å²) >= 11 is 0. The van der Waals surface area contributed by atoms with Crippen molar-refractivity contribution in [3.8, 4) is 5.75 Å². The van der Waals surface area contributed by atoms with Crippen LogP contribution in [0.3, 0.4) is 0 Å². The predicted molar refractivity (Wildman–Crippen MR) is 69.5 cm³/mol. The summed E-state index contributed by atoms with van der Waals surface area (Å²) in [4.78, 5) is 0. The summed E-state index contributed by atoms with van der Waals surface area (Å²) in [7, 11) is 0. The molecule has 2 rings (SSSR count). The Morgan fingerprint density at radius 1 is 1.31 bits per heavy atom. The lowest BCUT2D eigenvalue weighted by atomic mass is 10.1. The molecule has 1 saturated heterocycles. The normalized spacial score (nSPS) is 19.2. The van der Waals surface area contributed by atoms with Crippen LogP contribution in [0, 0.1) is 12.8 Å². The van der Waals surface area contributed by atoms with E-state index in [0.29, 0.717) is 0 Å². The largest absolute Gasteiger partial charge is 0.494 e. The van der Waals surface area contributed by atoms with Crippen molar-refractivity contribution in [3.63, 3.8) is 0 Å². The van der Waals surface area contributed by atoms with Crippen molar-refractivity contribution < 1.29 is 4.74 Å². The van der Waals surface area contributed by atoms with Gasteiger partial charge in [0.2, 0.25) is 0 Å². The molecule has 1 atom stereocenters. The van der Waals surface area contributed by atoms with Gasteiger partial charge in [0.05, 0.1) is 6.61 Å². The molecule has 1 fully saturated rings. The molecule has 0 aromatic heterocycles. The fourth-order valence-corrected chi connectivity index (χ4v) is 1.94. The van der Waals surface area contributed by atoms with Crippen LogP contribution in [0.15, 0.2) is 24.3 Å². The van der Waals surface area contributed by atoms with Crippen molar-refractivity contribution >= 4 is 12.4 Å². The van der Waals surface area contributed by atoms with Gasteiger partial charge in [-0.15, -0.1) is 12.4 Å². The van der Waals surface area contributed by atoms with E-state index in [1.165, 1.54) is 24.9 Å². The monoisotopic (exact) mass is 241 g/mol. The molecule has 0 bridgehead atoms. The van der Waals surface area contributed by atoms with E-state index >= 15 is 0 Å². The topological polar surface area (TPSA) is 21.3 Å². The van der Waals surface area contributed by atoms with Gasteiger partial charge in [0.15, 0.2) is 0 Å². The Labute approximate surface area is 104 Å². The molecule has 1 aromatic rings. The van der Waals surface area contributed by atoms with Crippen molar-refractivity contribution in [2.24, 2.45) is 5.92 Å². The van der Waals surface area contributed by atoms with Crippen LogP contribution in [0.25, 0.3) is 0 Å². The number of hydrogen-bond donors (Lipinski definition) is 1. The summed E-state index contributed by atoms with van der Waals surface area (Å²) in [6, 6.07) is 8.27. The Balaban J connectivity index is 0.00000128. The van der Waals surface area contributed by atoms with E-state index in [0.717, 1.165) is 24.8 Å². The van der Waals surface area contributed by atoms with Crippen LogP contribution in [-0.4, -0.2) is 19.7 Å². The Morgan fingerprint density at radius 3 is 2.69 bits per heavy atom. The number of nitrogens with one attached hydrogen (secondary N) is 1. The number of rotatable bonds is 4. The highest BCUT2D eigenvalue weighted by Gasteiger charge is 2.13. The number of hydrogen-bond acceptors (Lipinski definition) is 2. The van der Waals surface area contributed by atoms with Gasteiger partial charge in [-0.25, -0.2) is 0 Å². The molecule has 1 unspecified atom stereocenters. The third kappa shape index (κ3) is 4.03. The van der Waals surface area contributed by atoms with Crippen molar-refractivity contribution in [2.45, 2.75) is 19.8 Å². The molecule has 0 spiro atoms. The van der Waals surface area contributed by atoms with E-state index in [4.69, 9.17) is 4.74 Å². The van der Waals surface area contributed by atoms with Crippen LogP contribution >= 0.6 is 12.4 Å². The smallest absolute Gasteiger partial charge is 0.119 e.